The summed E-state index contributed by atoms with van der Waals surface area (Å²) < 4.78 is 0. The van der Waals surface area contributed by atoms with Gasteiger partial charge in [0.2, 0.25) is 0 Å². The molecule has 0 aromatic rings. The molecule has 0 aromatic heterocycles. The maximum Gasteiger partial charge on any atom is 0.0468 e. The SMILES string of the molecule is CC(CO)CNC/C=C/Cl. The van der Waals surface area contributed by atoms with E-state index in [0.29, 0.717) is 5.92 Å². The standard InChI is InChI=1S/C7H14ClNO/c1-7(6-10)5-9-4-2-3-8/h2-3,7,9-10H,4-6H2,1H3/b3-2+. The van der Waals surface area contributed by atoms with E-state index in [1.807, 2.05) is 13.0 Å². The average molecular weight is 164 g/mol. The predicted molar refractivity (Wildman–Crippen MR) is 44.1 cm³/mol. The summed E-state index contributed by atoms with van der Waals surface area (Å²) in [5.74, 6) is 0.323. The average Bonchev–Trinajstić information content (AvgIpc) is 1.98. The first-order chi connectivity index (χ1) is 4.81. The molecule has 0 aromatic carbocycles. The van der Waals surface area contributed by atoms with Gasteiger partial charge in [0.25, 0.3) is 0 Å². The molecule has 0 aliphatic rings. The highest BCUT2D eigenvalue weighted by Crippen LogP contribution is 1.87. The van der Waals surface area contributed by atoms with E-state index in [1.54, 1.807) is 0 Å². The highest BCUT2D eigenvalue weighted by Gasteiger charge is 1.95. The van der Waals surface area contributed by atoms with E-state index >= 15 is 0 Å². The van der Waals surface area contributed by atoms with E-state index in [1.165, 1.54) is 5.54 Å². The lowest BCUT2D eigenvalue weighted by Gasteiger charge is -2.06. The largest absolute Gasteiger partial charge is 0.396 e. The van der Waals surface area contributed by atoms with Crippen LogP contribution in [0.1, 0.15) is 6.92 Å². The fraction of sp³-hybridized carbons (Fsp3) is 0.714. The molecule has 0 radical (unpaired) electrons. The summed E-state index contributed by atoms with van der Waals surface area (Å²) in [6.45, 7) is 3.82. The maximum atomic E-state index is 8.61. The van der Waals surface area contributed by atoms with Crippen LogP contribution in [0.15, 0.2) is 11.6 Å². The van der Waals surface area contributed by atoms with Gasteiger partial charge in [-0.05, 0) is 5.92 Å². The van der Waals surface area contributed by atoms with Gasteiger partial charge in [-0.25, -0.2) is 0 Å². The lowest BCUT2D eigenvalue weighted by Crippen LogP contribution is -2.23. The van der Waals surface area contributed by atoms with Crippen molar-refractivity contribution in [1.82, 2.24) is 5.32 Å². The minimum atomic E-state index is 0.234. The zero-order valence-electron chi connectivity index (χ0n) is 6.18. The van der Waals surface area contributed by atoms with Gasteiger partial charge in [0.15, 0.2) is 0 Å². The first kappa shape index (κ1) is 9.95. The van der Waals surface area contributed by atoms with Gasteiger partial charge in [-0.1, -0.05) is 24.6 Å². The molecule has 2 nitrogen and oxygen atoms in total. The van der Waals surface area contributed by atoms with E-state index < -0.39 is 0 Å². The van der Waals surface area contributed by atoms with Gasteiger partial charge in [0, 0.05) is 25.2 Å². The van der Waals surface area contributed by atoms with Crippen LogP contribution in [-0.4, -0.2) is 24.8 Å². The van der Waals surface area contributed by atoms with Crippen molar-refractivity contribution in [3.8, 4) is 0 Å². The molecule has 0 heterocycles. The first-order valence-corrected chi connectivity index (χ1v) is 3.81. The van der Waals surface area contributed by atoms with E-state index in [-0.39, 0.29) is 6.61 Å². The summed E-state index contributed by atoms with van der Waals surface area (Å²) in [5, 5.41) is 11.7. The van der Waals surface area contributed by atoms with Crippen LogP contribution in [0.4, 0.5) is 0 Å². The fourth-order valence-corrected chi connectivity index (χ4v) is 0.611. The van der Waals surface area contributed by atoms with Crippen LogP contribution in [0.5, 0.6) is 0 Å². The summed E-state index contributed by atoms with van der Waals surface area (Å²) in [7, 11) is 0. The molecule has 60 valence electrons. The minimum absolute atomic E-state index is 0.234. The van der Waals surface area contributed by atoms with Crippen molar-refractivity contribution in [3.05, 3.63) is 11.6 Å². The Balaban J connectivity index is 3.03. The maximum absolute atomic E-state index is 8.61. The molecule has 10 heavy (non-hydrogen) atoms. The van der Waals surface area contributed by atoms with Crippen LogP contribution in [0.3, 0.4) is 0 Å². The van der Waals surface area contributed by atoms with Crippen LogP contribution in [0.2, 0.25) is 0 Å². The van der Waals surface area contributed by atoms with Gasteiger partial charge in [-0.3, -0.25) is 0 Å². The molecule has 0 amide bonds. The van der Waals surface area contributed by atoms with Gasteiger partial charge in [0.05, 0.1) is 0 Å². The Bertz CT molecular complexity index is 95.6. The minimum Gasteiger partial charge on any atom is -0.396 e. The Morgan fingerprint density at radius 2 is 2.40 bits per heavy atom. The topological polar surface area (TPSA) is 32.3 Å². The molecule has 0 saturated heterocycles. The Kier molecular flexibility index (Phi) is 7.03. The monoisotopic (exact) mass is 163 g/mol. The molecule has 0 bridgehead atoms. The summed E-state index contributed by atoms with van der Waals surface area (Å²) in [6.07, 6.45) is 1.83. The fourth-order valence-electron chi connectivity index (χ4n) is 0.522. The van der Waals surface area contributed by atoms with Crippen molar-refractivity contribution < 1.29 is 5.11 Å². The normalized spacial score (nSPS) is 14.3. The Morgan fingerprint density at radius 3 is 2.90 bits per heavy atom. The van der Waals surface area contributed by atoms with Gasteiger partial charge in [-0.2, -0.15) is 0 Å². The lowest BCUT2D eigenvalue weighted by atomic mass is 10.2. The van der Waals surface area contributed by atoms with E-state index in [2.05, 4.69) is 5.32 Å². The number of rotatable bonds is 5. The second kappa shape index (κ2) is 7.06. The molecule has 0 aliphatic carbocycles. The zero-order valence-corrected chi connectivity index (χ0v) is 6.93. The molecule has 0 aliphatic heterocycles. The molecular formula is C7H14ClNO. The smallest absolute Gasteiger partial charge is 0.0468 e. The van der Waals surface area contributed by atoms with Crippen molar-refractivity contribution in [3.63, 3.8) is 0 Å². The van der Waals surface area contributed by atoms with Gasteiger partial charge < -0.3 is 10.4 Å². The van der Waals surface area contributed by atoms with Crippen LogP contribution in [0, 0.1) is 5.92 Å². The highest BCUT2D eigenvalue weighted by atomic mass is 35.5. The Morgan fingerprint density at radius 1 is 1.70 bits per heavy atom. The highest BCUT2D eigenvalue weighted by molar-refractivity contribution is 6.25. The van der Waals surface area contributed by atoms with Gasteiger partial charge >= 0.3 is 0 Å². The molecule has 0 saturated carbocycles. The molecule has 0 spiro atoms. The third-order valence-corrected chi connectivity index (χ3v) is 1.33. The number of nitrogens with one attached hydrogen (secondary N) is 1. The number of aliphatic hydroxyl groups is 1. The summed E-state index contributed by atoms with van der Waals surface area (Å²) >= 11 is 5.28. The van der Waals surface area contributed by atoms with E-state index in [4.69, 9.17) is 16.7 Å². The van der Waals surface area contributed by atoms with Gasteiger partial charge in [0.1, 0.15) is 0 Å². The van der Waals surface area contributed by atoms with Crippen molar-refractivity contribution >= 4 is 11.6 Å². The molecule has 0 fully saturated rings. The molecule has 2 N–H and O–H groups in total. The van der Waals surface area contributed by atoms with E-state index in [0.717, 1.165) is 13.1 Å². The predicted octanol–water partition coefficient (Wildman–Crippen LogP) is 0.957. The molecule has 3 heteroatoms. The molecule has 0 rings (SSSR count). The quantitative estimate of drug-likeness (QED) is 0.592. The Hall–Kier alpha value is -0.0500. The van der Waals surface area contributed by atoms with Crippen molar-refractivity contribution in [2.75, 3.05) is 19.7 Å². The van der Waals surface area contributed by atoms with Crippen LogP contribution in [-0.2, 0) is 0 Å². The number of hydrogen-bond donors (Lipinski definition) is 2. The van der Waals surface area contributed by atoms with Crippen molar-refractivity contribution in [2.24, 2.45) is 5.92 Å². The van der Waals surface area contributed by atoms with Crippen molar-refractivity contribution in [1.29, 1.82) is 0 Å². The van der Waals surface area contributed by atoms with Crippen LogP contribution < -0.4 is 5.32 Å². The van der Waals surface area contributed by atoms with Crippen molar-refractivity contribution in [2.45, 2.75) is 6.92 Å². The zero-order chi connectivity index (χ0) is 7.82. The van der Waals surface area contributed by atoms with Crippen LogP contribution in [0.25, 0.3) is 0 Å². The third-order valence-electron chi connectivity index (χ3n) is 1.16. The second-order valence-corrected chi connectivity index (χ2v) is 2.56. The second-order valence-electron chi connectivity index (χ2n) is 2.31. The van der Waals surface area contributed by atoms with Crippen LogP contribution >= 0.6 is 11.6 Å². The molecular weight excluding hydrogens is 150 g/mol. The summed E-state index contributed by atoms with van der Waals surface area (Å²) in [5.41, 5.74) is 1.48. The van der Waals surface area contributed by atoms with E-state index in [9.17, 15) is 0 Å². The molecule has 1 unspecified atom stereocenters. The number of aliphatic hydroxyl groups excluding tert-OH is 1. The summed E-state index contributed by atoms with van der Waals surface area (Å²) in [6, 6.07) is 0. The number of halogens is 1. The Labute approximate surface area is 66.9 Å². The first-order valence-electron chi connectivity index (χ1n) is 3.38. The lowest BCUT2D eigenvalue weighted by molar-refractivity contribution is 0.235. The number of hydrogen-bond acceptors (Lipinski definition) is 2. The molecule has 1 atom stereocenters. The summed E-state index contributed by atoms with van der Waals surface area (Å²) in [4.78, 5) is 0. The van der Waals surface area contributed by atoms with Gasteiger partial charge in [-0.15, -0.1) is 0 Å². The third kappa shape index (κ3) is 6.08.